The van der Waals surface area contributed by atoms with Crippen LogP contribution in [0.15, 0.2) is 23.1 Å². The lowest BCUT2D eigenvalue weighted by atomic mass is 10.1. The first-order valence-corrected chi connectivity index (χ1v) is 8.02. The quantitative estimate of drug-likeness (QED) is 0.596. The van der Waals surface area contributed by atoms with Crippen molar-refractivity contribution in [2.24, 2.45) is 0 Å². The minimum atomic E-state index is -0.273. The molecular weight excluding hydrogens is 323 g/mol. The molecule has 0 fully saturated rings. The highest BCUT2D eigenvalue weighted by molar-refractivity contribution is 14.2. The molecule has 0 N–H and O–H groups in total. The summed E-state index contributed by atoms with van der Waals surface area (Å²) in [6, 6.07) is 5.75. The van der Waals surface area contributed by atoms with Crippen molar-refractivity contribution in [1.82, 2.24) is 0 Å². The third-order valence-corrected chi connectivity index (χ3v) is 3.66. The van der Waals surface area contributed by atoms with Gasteiger partial charge in [-0.3, -0.25) is 0 Å². The monoisotopic (exact) mass is 338 g/mol. The van der Waals surface area contributed by atoms with Crippen molar-refractivity contribution in [2.75, 3.05) is 7.11 Å². The number of carbonyl (C=O) groups excluding carboxylic acids is 1. The average molecular weight is 338 g/mol. The number of ether oxygens (including phenoxy) is 1. The molecule has 1 aromatic carbocycles. The summed E-state index contributed by atoms with van der Waals surface area (Å²) in [6.07, 6.45) is 0. The van der Waals surface area contributed by atoms with E-state index in [1.807, 2.05) is 39.0 Å². The van der Waals surface area contributed by atoms with Crippen LogP contribution in [0.5, 0.6) is 0 Å². The zero-order valence-electron chi connectivity index (χ0n) is 9.33. The first kappa shape index (κ1) is 14.8. The molecule has 4 heteroatoms. The van der Waals surface area contributed by atoms with E-state index in [-0.39, 0.29) is 5.97 Å². The first-order chi connectivity index (χ1) is 7.19. The van der Waals surface area contributed by atoms with Crippen LogP contribution in [0.25, 0.3) is 0 Å². The molecule has 0 aliphatic rings. The van der Waals surface area contributed by atoms with Gasteiger partial charge in [-0.25, -0.2) is 4.79 Å². The van der Waals surface area contributed by atoms with Gasteiger partial charge in [-0.15, -0.1) is 0 Å². The largest absolute Gasteiger partial charge is 0.465 e. The van der Waals surface area contributed by atoms with Gasteiger partial charge in [0.2, 0.25) is 0 Å². The maximum atomic E-state index is 11.3. The SMILES string of the molecule is CC.COC(=O)c1cc(SI)ccc1C. The molecule has 0 unspecified atom stereocenters. The van der Waals surface area contributed by atoms with Crippen LogP contribution in [0.3, 0.4) is 0 Å². The lowest BCUT2D eigenvalue weighted by Gasteiger charge is -2.04. The molecule has 0 atom stereocenters. The predicted molar refractivity (Wildman–Crippen MR) is 73.7 cm³/mol. The summed E-state index contributed by atoms with van der Waals surface area (Å²) in [6.45, 7) is 5.90. The Labute approximate surface area is 107 Å². The van der Waals surface area contributed by atoms with Gasteiger partial charge in [-0.1, -0.05) is 28.8 Å². The number of carbonyl (C=O) groups is 1. The normalized spacial score (nSPS) is 8.87. The molecule has 0 amide bonds. The van der Waals surface area contributed by atoms with Crippen LogP contribution < -0.4 is 0 Å². The van der Waals surface area contributed by atoms with Gasteiger partial charge < -0.3 is 4.74 Å². The summed E-state index contributed by atoms with van der Waals surface area (Å²) < 4.78 is 4.67. The molecule has 0 radical (unpaired) electrons. The highest BCUT2D eigenvalue weighted by Crippen LogP contribution is 2.27. The van der Waals surface area contributed by atoms with Gasteiger partial charge >= 0.3 is 5.97 Å². The Morgan fingerprint density at radius 2 is 2.00 bits per heavy atom. The topological polar surface area (TPSA) is 26.3 Å². The zero-order chi connectivity index (χ0) is 11.8. The summed E-state index contributed by atoms with van der Waals surface area (Å²) in [5.41, 5.74) is 1.59. The maximum absolute atomic E-state index is 11.3. The average Bonchev–Trinajstić information content (AvgIpc) is 2.31. The Morgan fingerprint density at radius 3 is 2.47 bits per heavy atom. The van der Waals surface area contributed by atoms with Crippen LogP contribution in [0.2, 0.25) is 0 Å². The Morgan fingerprint density at radius 1 is 1.40 bits per heavy atom. The molecular formula is C11H15IO2S. The second-order valence-electron chi connectivity index (χ2n) is 2.55. The van der Waals surface area contributed by atoms with Gasteiger partial charge in [-0.05, 0) is 24.6 Å². The molecule has 2 nitrogen and oxygen atoms in total. The fourth-order valence-corrected chi connectivity index (χ4v) is 2.08. The summed E-state index contributed by atoms with van der Waals surface area (Å²) in [4.78, 5) is 12.3. The van der Waals surface area contributed by atoms with Crippen molar-refractivity contribution in [2.45, 2.75) is 25.7 Å². The number of rotatable bonds is 2. The van der Waals surface area contributed by atoms with Crippen LogP contribution in [0, 0.1) is 6.92 Å². The fourth-order valence-electron chi connectivity index (χ4n) is 0.979. The van der Waals surface area contributed by atoms with Crippen molar-refractivity contribution in [3.05, 3.63) is 29.3 Å². The van der Waals surface area contributed by atoms with Crippen LogP contribution in [0.1, 0.15) is 29.8 Å². The molecule has 0 saturated heterocycles. The van der Waals surface area contributed by atoms with Gasteiger partial charge in [-0.2, -0.15) is 0 Å². The summed E-state index contributed by atoms with van der Waals surface area (Å²) in [5, 5.41) is 0. The lowest BCUT2D eigenvalue weighted by molar-refractivity contribution is 0.0599. The Bertz CT molecular complexity index is 326. The Balaban J connectivity index is 0.000000921. The van der Waals surface area contributed by atoms with Gasteiger partial charge in [0.25, 0.3) is 0 Å². The third kappa shape index (κ3) is 4.42. The second kappa shape index (κ2) is 7.98. The summed E-state index contributed by atoms with van der Waals surface area (Å²) in [7, 11) is 2.98. The molecule has 1 rings (SSSR count). The van der Waals surface area contributed by atoms with Crippen molar-refractivity contribution in [3.8, 4) is 0 Å². The number of halogens is 1. The van der Waals surface area contributed by atoms with E-state index >= 15 is 0 Å². The molecule has 1 aromatic rings. The molecule has 0 spiro atoms. The van der Waals surface area contributed by atoms with Crippen molar-refractivity contribution in [1.29, 1.82) is 0 Å². The molecule has 0 aromatic heterocycles. The third-order valence-electron chi connectivity index (χ3n) is 1.70. The van der Waals surface area contributed by atoms with Crippen LogP contribution in [-0.2, 0) is 4.74 Å². The fraction of sp³-hybridized carbons (Fsp3) is 0.364. The molecule has 15 heavy (non-hydrogen) atoms. The van der Waals surface area contributed by atoms with E-state index < -0.39 is 0 Å². The number of hydrogen-bond acceptors (Lipinski definition) is 3. The van der Waals surface area contributed by atoms with Crippen LogP contribution in [0.4, 0.5) is 0 Å². The minimum Gasteiger partial charge on any atom is -0.465 e. The second-order valence-corrected chi connectivity index (χ2v) is 4.49. The van der Waals surface area contributed by atoms with E-state index in [1.165, 1.54) is 7.11 Å². The highest BCUT2D eigenvalue weighted by Gasteiger charge is 2.09. The number of hydrogen-bond donors (Lipinski definition) is 0. The maximum Gasteiger partial charge on any atom is 0.338 e. The van der Waals surface area contributed by atoms with Gasteiger partial charge in [0, 0.05) is 26.1 Å². The summed E-state index contributed by atoms with van der Waals surface area (Å²) >= 11 is 2.18. The van der Waals surface area contributed by atoms with E-state index in [0.717, 1.165) is 10.5 Å². The van der Waals surface area contributed by atoms with E-state index in [1.54, 1.807) is 8.93 Å². The number of esters is 1. The first-order valence-electron chi connectivity index (χ1n) is 4.66. The molecule has 0 aliphatic heterocycles. The van der Waals surface area contributed by atoms with Crippen LogP contribution in [-0.4, -0.2) is 13.1 Å². The summed E-state index contributed by atoms with van der Waals surface area (Å²) in [5.74, 6) is -0.273. The van der Waals surface area contributed by atoms with E-state index in [4.69, 9.17) is 0 Å². The standard InChI is InChI=1S/C9H9IO2S.C2H6/c1-6-3-4-7(13-10)5-8(6)9(11)12-2;1-2/h3-5H,1-2H3;1-2H3. The Kier molecular flexibility index (Phi) is 7.86. The van der Waals surface area contributed by atoms with E-state index in [9.17, 15) is 4.79 Å². The number of methoxy groups -OCH3 is 1. The number of benzene rings is 1. The van der Waals surface area contributed by atoms with Gasteiger partial charge in [0.15, 0.2) is 0 Å². The molecule has 84 valence electrons. The van der Waals surface area contributed by atoms with Gasteiger partial charge in [0.05, 0.1) is 12.7 Å². The van der Waals surface area contributed by atoms with E-state index in [2.05, 4.69) is 25.9 Å². The predicted octanol–water partition coefficient (Wildman–Crippen LogP) is 4.25. The molecule has 0 bridgehead atoms. The van der Waals surface area contributed by atoms with E-state index in [0.29, 0.717) is 5.56 Å². The highest BCUT2D eigenvalue weighted by atomic mass is 127. The zero-order valence-corrected chi connectivity index (χ0v) is 12.3. The van der Waals surface area contributed by atoms with Crippen molar-refractivity contribution >= 4 is 36.1 Å². The smallest absolute Gasteiger partial charge is 0.338 e. The Hall–Kier alpha value is -0.230. The molecule has 0 saturated carbocycles. The number of aryl methyl sites for hydroxylation is 1. The van der Waals surface area contributed by atoms with Gasteiger partial charge in [0.1, 0.15) is 0 Å². The lowest BCUT2D eigenvalue weighted by Crippen LogP contribution is -2.03. The minimum absolute atomic E-state index is 0.273. The van der Waals surface area contributed by atoms with Crippen molar-refractivity contribution < 1.29 is 9.53 Å². The molecule has 0 heterocycles. The van der Waals surface area contributed by atoms with Crippen LogP contribution >= 0.6 is 30.1 Å². The molecule has 0 aliphatic carbocycles. The van der Waals surface area contributed by atoms with Crippen molar-refractivity contribution in [3.63, 3.8) is 0 Å².